The number of hydrogen-bond acceptors (Lipinski definition) is 4. The summed E-state index contributed by atoms with van der Waals surface area (Å²) >= 11 is 0. The fourth-order valence-corrected chi connectivity index (χ4v) is 1.54. The summed E-state index contributed by atoms with van der Waals surface area (Å²) in [5, 5.41) is 11.7. The molecule has 5 heteroatoms. The lowest BCUT2D eigenvalue weighted by Gasteiger charge is -2.08. The number of hydrogen-bond donors (Lipinski definition) is 1. The summed E-state index contributed by atoms with van der Waals surface area (Å²) in [6, 6.07) is 9.28. The van der Waals surface area contributed by atoms with Crippen LogP contribution in [0.2, 0.25) is 0 Å². The van der Waals surface area contributed by atoms with Crippen molar-refractivity contribution in [1.29, 1.82) is 5.26 Å². The number of rotatable bonds is 4. The Hall–Kier alpha value is -2.61. The number of nitrogens with one attached hydrogen (secondary N) is 1. The maximum Gasteiger partial charge on any atom is 0.144 e. The second-order valence-corrected chi connectivity index (χ2v) is 3.76. The van der Waals surface area contributed by atoms with E-state index in [1.54, 1.807) is 30.5 Å². The van der Waals surface area contributed by atoms with Gasteiger partial charge in [0.1, 0.15) is 29.2 Å². The van der Waals surface area contributed by atoms with E-state index in [1.165, 1.54) is 12.1 Å². The number of anilines is 1. The van der Waals surface area contributed by atoms with Crippen LogP contribution in [0.5, 0.6) is 11.5 Å². The zero-order valence-corrected chi connectivity index (χ0v) is 10.4. The second-order valence-electron chi connectivity index (χ2n) is 3.76. The van der Waals surface area contributed by atoms with Crippen LogP contribution in [0.15, 0.2) is 36.5 Å². The van der Waals surface area contributed by atoms with E-state index in [0.29, 0.717) is 17.3 Å². The van der Waals surface area contributed by atoms with E-state index in [4.69, 9.17) is 10.00 Å². The van der Waals surface area contributed by atoms with Crippen LogP contribution in [0.3, 0.4) is 0 Å². The summed E-state index contributed by atoms with van der Waals surface area (Å²) < 4.78 is 18.9. The molecule has 4 nitrogen and oxygen atoms in total. The van der Waals surface area contributed by atoms with E-state index >= 15 is 0 Å². The first-order valence-corrected chi connectivity index (χ1v) is 5.80. The van der Waals surface area contributed by atoms with Crippen molar-refractivity contribution >= 4 is 5.82 Å². The lowest BCUT2D eigenvalue weighted by atomic mass is 10.2. The summed E-state index contributed by atoms with van der Waals surface area (Å²) in [4.78, 5) is 4.11. The largest absolute Gasteiger partial charge is 0.457 e. The minimum Gasteiger partial charge on any atom is -0.457 e. The molecule has 1 N–H and O–H groups in total. The van der Waals surface area contributed by atoms with Crippen LogP contribution in [0.4, 0.5) is 10.2 Å². The number of halogens is 1. The fourth-order valence-electron chi connectivity index (χ4n) is 1.54. The van der Waals surface area contributed by atoms with Gasteiger partial charge in [0.25, 0.3) is 0 Å². The average molecular weight is 257 g/mol. The third kappa shape index (κ3) is 3.19. The Morgan fingerprint density at radius 1 is 1.32 bits per heavy atom. The Bertz CT molecular complexity index is 622. The van der Waals surface area contributed by atoms with Crippen molar-refractivity contribution in [1.82, 2.24) is 4.98 Å². The maximum absolute atomic E-state index is 13.4. The molecule has 0 bridgehead atoms. The van der Waals surface area contributed by atoms with Crippen molar-refractivity contribution < 1.29 is 9.13 Å². The first-order valence-electron chi connectivity index (χ1n) is 5.80. The zero-order valence-electron chi connectivity index (χ0n) is 10.4. The quantitative estimate of drug-likeness (QED) is 0.912. The van der Waals surface area contributed by atoms with E-state index < -0.39 is 5.82 Å². The number of benzene rings is 1. The van der Waals surface area contributed by atoms with Crippen molar-refractivity contribution in [3.63, 3.8) is 0 Å². The van der Waals surface area contributed by atoms with Gasteiger partial charge in [0, 0.05) is 24.9 Å². The first kappa shape index (κ1) is 12.8. The molecule has 0 radical (unpaired) electrons. The SMILES string of the molecule is CCNc1cc(Oc2ccc(C#N)c(F)c2)ccn1. The summed E-state index contributed by atoms with van der Waals surface area (Å²) in [7, 11) is 0. The molecule has 0 saturated carbocycles. The van der Waals surface area contributed by atoms with Gasteiger partial charge in [-0.3, -0.25) is 0 Å². The molecular formula is C14H12FN3O. The molecule has 0 aliphatic heterocycles. The van der Waals surface area contributed by atoms with E-state index in [9.17, 15) is 4.39 Å². The van der Waals surface area contributed by atoms with Gasteiger partial charge in [-0.1, -0.05) is 0 Å². The normalized spacial score (nSPS) is 9.74. The Balaban J connectivity index is 2.19. The highest BCUT2D eigenvalue weighted by Gasteiger charge is 2.05. The molecule has 0 spiro atoms. The number of aromatic nitrogens is 1. The van der Waals surface area contributed by atoms with Crippen molar-refractivity contribution in [2.75, 3.05) is 11.9 Å². The van der Waals surface area contributed by atoms with Gasteiger partial charge >= 0.3 is 0 Å². The van der Waals surface area contributed by atoms with Gasteiger partial charge in [-0.25, -0.2) is 9.37 Å². The highest BCUT2D eigenvalue weighted by molar-refractivity contribution is 5.43. The van der Waals surface area contributed by atoms with E-state index in [2.05, 4.69) is 10.3 Å². The lowest BCUT2D eigenvalue weighted by molar-refractivity contribution is 0.476. The van der Waals surface area contributed by atoms with Crippen LogP contribution in [0.25, 0.3) is 0 Å². The highest BCUT2D eigenvalue weighted by Crippen LogP contribution is 2.24. The lowest BCUT2D eigenvalue weighted by Crippen LogP contribution is -1.98. The van der Waals surface area contributed by atoms with Gasteiger partial charge in [0.2, 0.25) is 0 Å². The summed E-state index contributed by atoms with van der Waals surface area (Å²) in [6.07, 6.45) is 1.60. The predicted octanol–water partition coefficient (Wildman–Crippen LogP) is 3.32. The molecule has 0 saturated heterocycles. The molecule has 0 atom stereocenters. The molecular weight excluding hydrogens is 245 g/mol. The standard InChI is InChI=1S/C14H12FN3O/c1-2-17-14-8-12(5-6-18-14)19-11-4-3-10(9-16)13(15)7-11/h3-8H,2H2,1H3,(H,17,18). The van der Waals surface area contributed by atoms with Gasteiger partial charge in [-0.2, -0.15) is 5.26 Å². The van der Waals surface area contributed by atoms with Gasteiger partial charge in [0.15, 0.2) is 0 Å². The smallest absolute Gasteiger partial charge is 0.144 e. The van der Waals surface area contributed by atoms with Crippen LogP contribution < -0.4 is 10.1 Å². The first-order chi connectivity index (χ1) is 9.22. The maximum atomic E-state index is 13.4. The minimum atomic E-state index is -0.596. The minimum absolute atomic E-state index is 0.00424. The molecule has 0 unspecified atom stereocenters. The summed E-state index contributed by atoms with van der Waals surface area (Å²) in [5.74, 6) is 0.982. The van der Waals surface area contributed by atoms with Gasteiger partial charge in [-0.05, 0) is 25.1 Å². The van der Waals surface area contributed by atoms with Crippen LogP contribution in [0.1, 0.15) is 12.5 Å². The second kappa shape index (κ2) is 5.83. The topological polar surface area (TPSA) is 57.9 Å². The number of nitrogens with zero attached hydrogens (tertiary/aromatic N) is 2. The van der Waals surface area contributed by atoms with Crippen molar-refractivity contribution in [3.05, 3.63) is 47.9 Å². The molecule has 2 rings (SSSR count). The number of pyridine rings is 1. The van der Waals surface area contributed by atoms with Crippen LogP contribution in [0, 0.1) is 17.1 Å². The number of nitriles is 1. The number of ether oxygens (including phenoxy) is 1. The highest BCUT2D eigenvalue weighted by atomic mass is 19.1. The molecule has 0 amide bonds. The Morgan fingerprint density at radius 2 is 2.11 bits per heavy atom. The molecule has 1 heterocycles. The fraction of sp³-hybridized carbons (Fsp3) is 0.143. The van der Waals surface area contributed by atoms with E-state index in [0.717, 1.165) is 6.54 Å². The average Bonchev–Trinajstić information content (AvgIpc) is 2.40. The Labute approximate surface area is 110 Å². The van der Waals surface area contributed by atoms with Crippen LogP contribution in [-0.2, 0) is 0 Å². The van der Waals surface area contributed by atoms with Gasteiger partial charge in [0.05, 0.1) is 5.56 Å². The van der Waals surface area contributed by atoms with Gasteiger partial charge < -0.3 is 10.1 Å². The third-order valence-corrected chi connectivity index (χ3v) is 2.39. The Morgan fingerprint density at radius 3 is 2.79 bits per heavy atom. The van der Waals surface area contributed by atoms with Gasteiger partial charge in [-0.15, -0.1) is 0 Å². The van der Waals surface area contributed by atoms with E-state index in [1.807, 2.05) is 6.92 Å². The van der Waals surface area contributed by atoms with Crippen LogP contribution >= 0.6 is 0 Å². The van der Waals surface area contributed by atoms with Crippen LogP contribution in [-0.4, -0.2) is 11.5 Å². The molecule has 19 heavy (non-hydrogen) atoms. The molecule has 0 aliphatic rings. The molecule has 2 aromatic rings. The third-order valence-electron chi connectivity index (χ3n) is 2.39. The van der Waals surface area contributed by atoms with E-state index in [-0.39, 0.29) is 5.56 Å². The molecule has 1 aromatic carbocycles. The Kier molecular flexibility index (Phi) is 3.94. The van der Waals surface area contributed by atoms with Crippen molar-refractivity contribution in [2.24, 2.45) is 0 Å². The molecule has 1 aromatic heterocycles. The predicted molar refractivity (Wildman–Crippen MR) is 69.6 cm³/mol. The zero-order chi connectivity index (χ0) is 13.7. The summed E-state index contributed by atoms with van der Waals surface area (Å²) in [5.41, 5.74) is -0.00424. The molecule has 0 fully saturated rings. The summed E-state index contributed by atoms with van der Waals surface area (Å²) in [6.45, 7) is 2.72. The van der Waals surface area contributed by atoms with Crippen molar-refractivity contribution in [2.45, 2.75) is 6.92 Å². The molecule has 96 valence electrons. The molecule has 0 aliphatic carbocycles. The van der Waals surface area contributed by atoms with Crippen molar-refractivity contribution in [3.8, 4) is 17.6 Å². The monoisotopic (exact) mass is 257 g/mol.